The fourth-order valence-corrected chi connectivity index (χ4v) is 2.69. The van der Waals surface area contributed by atoms with Crippen molar-refractivity contribution >= 4 is 10.1 Å². The van der Waals surface area contributed by atoms with Gasteiger partial charge in [-0.05, 0) is 44.4 Å². The number of aryl methyl sites for hydroxylation is 1. The van der Waals surface area contributed by atoms with E-state index in [1.165, 1.54) is 0 Å². The summed E-state index contributed by atoms with van der Waals surface area (Å²) in [7, 11) is -3.35. The van der Waals surface area contributed by atoms with Crippen LogP contribution in [0, 0.1) is 0 Å². The molecule has 7 heteroatoms. The molecule has 0 N–H and O–H groups in total. The molecular weight excluding hydrogens is 320 g/mol. The van der Waals surface area contributed by atoms with Crippen molar-refractivity contribution < 1.29 is 26.8 Å². The van der Waals surface area contributed by atoms with Crippen LogP contribution in [0.4, 0.5) is 0 Å². The van der Waals surface area contributed by atoms with E-state index >= 15 is 0 Å². The van der Waals surface area contributed by atoms with Crippen LogP contribution in [0.25, 0.3) is 0 Å². The van der Waals surface area contributed by atoms with Gasteiger partial charge in [-0.15, -0.1) is 0 Å². The molecular formula is C16H24O6S. The minimum absolute atomic E-state index is 0.0576. The fourth-order valence-electron chi connectivity index (χ4n) is 2.27. The Kier molecular flexibility index (Phi) is 6.02. The summed E-state index contributed by atoms with van der Waals surface area (Å²) in [5.74, 6) is 0.237. The van der Waals surface area contributed by atoms with Crippen LogP contribution in [-0.4, -0.2) is 46.4 Å². The van der Waals surface area contributed by atoms with Crippen LogP contribution in [0.1, 0.15) is 25.8 Å². The number of benzene rings is 1. The number of hydrogen-bond donors (Lipinski definition) is 0. The second kappa shape index (κ2) is 7.61. The Bertz CT molecular complexity index is 594. The molecule has 1 atom stereocenters. The number of hydrogen-bond acceptors (Lipinski definition) is 6. The minimum Gasteiger partial charge on any atom is -0.491 e. The Morgan fingerprint density at radius 1 is 1.26 bits per heavy atom. The molecule has 6 nitrogen and oxygen atoms in total. The topological polar surface area (TPSA) is 71.1 Å². The summed E-state index contributed by atoms with van der Waals surface area (Å²) in [4.78, 5) is 0. The molecule has 23 heavy (non-hydrogen) atoms. The van der Waals surface area contributed by atoms with Gasteiger partial charge < -0.3 is 14.2 Å². The molecule has 0 aliphatic carbocycles. The van der Waals surface area contributed by atoms with E-state index in [0.717, 1.165) is 24.0 Å². The van der Waals surface area contributed by atoms with Gasteiger partial charge in [-0.3, -0.25) is 4.18 Å². The highest BCUT2D eigenvalue weighted by Crippen LogP contribution is 2.23. The maximum Gasteiger partial charge on any atom is 0.264 e. The maximum absolute atomic E-state index is 10.9. The van der Waals surface area contributed by atoms with E-state index in [2.05, 4.69) is 0 Å². The number of ether oxygens (including phenoxy) is 3. The zero-order chi connectivity index (χ0) is 16.9. The van der Waals surface area contributed by atoms with Gasteiger partial charge in [0.1, 0.15) is 18.5 Å². The molecule has 0 unspecified atom stereocenters. The molecule has 1 saturated heterocycles. The van der Waals surface area contributed by atoms with Crippen molar-refractivity contribution in [3.05, 3.63) is 29.8 Å². The van der Waals surface area contributed by atoms with E-state index in [-0.39, 0.29) is 12.7 Å². The Hall–Kier alpha value is -1.15. The average molecular weight is 344 g/mol. The van der Waals surface area contributed by atoms with Crippen molar-refractivity contribution in [3.63, 3.8) is 0 Å². The summed E-state index contributed by atoms with van der Waals surface area (Å²) in [5, 5.41) is 0. The lowest BCUT2D eigenvalue weighted by Gasteiger charge is -2.17. The van der Waals surface area contributed by atoms with Crippen LogP contribution >= 0.6 is 0 Å². The largest absolute Gasteiger partial charge is 0.491 e. The van der Waals surface area contributed by atoms with Crippen LogP contribution in [0.3, 0.4) is 0 Å². The van der Waals surface area contributed by atoms with Crippen LogP contribution in [-0.2, 0) is 30.2 Å². The molecule has 0 amide bonds. The fraction of sp³-hybridized carbons (Fsp3) is 0.625. The summed E-state index contributed by atoms with van der Waals surface area (Å²) in [6, 6.07) is 7.72. The first-order valence-corrected chi connectivity index (χ1v) is 9.43. The van der Waals surface area contributed by atoms with Crippen LogP contribution in [0.5, 0.6) is 5.75 Å². The molecule has 0 bridgehead atoms. The van der Waals surface area contributed by atoms with Crippen molar-refractivity contribution in [1.29, 1.82) is 0 Å². The molecule has 1 fully saturated rings. The van der Waals surface area contributed by atoms with Gasteiger partial charge in [0.15, 0.2) is 5.79 Å². The van der Waals surface area contributed by atoms with Crippen LogP contribution in [0.2, 0.25) is 0 Å². The Labute approximate surface area is 137 Å². The molecule has 0 saturated carbocycles. The standard InChI is InChI=1S/C16H24O6S/c1-16(2)20-12-15(22-16)11-19-14-8-6-13(7-9-14)5-4-10-21-23(3,17)18/h6-9,15H,4-5,10-12H2,1-3H3/t15-/m1/s1. The Morgan fingerprint density at radius 3 is 2.52 bits per heavy atom. The smallest absolute Gasteiger partial charge is 0.264 e. The van der Waals surface area contributed by atoms with Gasteiger partial charge >= 0.3 is 0 Å². The molecule has 1 aliphatic rings. The lowest BCUT2D eigenvalue weighted by Crippen LogP contribution is -2.25. The SMILES string of the molecule is CC1(C)OC[C@@H](COc2ccc(CCCOS(C)(=O)=O)cc2)O1. The van der Waals surface area contributed by atoms with Gasteiger partial charge in [0.2, 0.25) is 0 Å². The highest BCUT2D eigenvalue weighted by molar-refractivity contribution is 7.85. The Balaban J connectivity index is 1.70. The van der Waals surface area contributed by atoms with Gasteiger partial charge in [-0.1, -0.05) is 12.1 Å². The zero-order valence-corrected chi connectivity index (χ0v) is 14.6. The summed E-state index contributed by atoms with van der Waals surface area (Å²) in [6.07, 6.45) is 2.40. The third kappa shape index (κ3) is 6.87. The minimum atomic E-state index is -3.35. The van der Waals surface area contributed by atoms with Crippen LogP contribution < -0.4 is 4.74 Å². The van der Waals surface area contributed by atoms with E-state index in [4.69, 9.17) is 18.4 Å². The predicted octanol–water partition coefficient (Wildman–Crippen LogP) is 2.13. The van der Waals surface area contributed by atoms with E-state index in [1.807, 2.05) is 38.1 Å². The van der Waals surface area contributed by atoms with Gasteiger partial charge in [0.25, 0.3) is 10.1 Å². The normalized spacial score (nSPS) is 20.6. The molecule has 0 aromatic heterocycles. The summed E-state index contributed by atoms with van der Waals surface area (Å²) < 4.78 is 43.3. The molecule has 0 radical (unpaired) electrons. The third-order valence-corrected chi connectivity index (χ3v) is 3.93. The summed E-state index contributed by atoms with van der Waals surface area (Å²) in [5.41, 5.74) is 1.11. The first-order valence-electron chi connectivity index (χ1n) is 7.61. The van der Waals surface area contributed by atoms with Crippen molar-refractivity contribution in [2.45, 2.75) is 38.6 Å². The van der Waals surface area contributed by atoms with Crippen molar-refractivity contribution in [2.75, 3.05) is 26.1 Å². The monoisotopic (exact) mass is 344 g/mol. The summed E-state index contributed by atoms with van der Waals surface area (Å²) in [6.45, 7) is 4.95. The lowest BCUT2D eigenvalue weighted by atomic mass is 10.1. The van der Waals surface area contributed by atoms with Crippen molar-refractivity contribution in [3.8, 4) is 5.75 Å². The van der Waals surface area contributed by atoms with E-state index in [1.54, 1.807) is 0 Å². The van der Waals surface area contributed by atoms with E-state index in [9.17, 15) is 8.42 Å². The van der Waals surface area contributed by atoms with E-state index in [0.29, 0.717) is 19.6 Å². The average Bonchev–Trinajstić information content (AvgIpc) is 2.81. The predicted molar refractivity (Wildman–Crippen MR) is 86.0 cm³/mol. The molecule has 1 aromatic carbocycles. The van der Waals surface area contributed by atoms with Crippen molar-refractivity contribution in [1.82, 2.24) is 0 Å². The molecule has 1 aromatic rings. The highest BCUT2D eigenvalue weighted by Gasteiger charge is 2.32. The van der Waals surface area contributed by atoms with Gasteiger partial charge in [-0.2, -0.15) is 8.42 Å². The lowest BCUT2D eigenvalue weighted by molar-refractivity contribution is -0.141. The second-order valence-electron chi connectivity index (χ2n) is 6.04. The zero-order valence-electron chi connectivity index (χ0n) is 13.8. The van der Waals surface area contributed by atoms with Gasteiger partial charge in [-0.25, -0.2) is 0 Å². The van der Waals surface area contributed by atoms with Gasteiger partial charge in [0.05, 0.1) is 19.5 Å². The molecule has 1 heterocycles. The number of rotatable bonds is 8. The molecule has 130 valence electrons. The first kappa shape index (κ1) is 18.2. The van der Waals surface area contributed by atoms with Gasteiger partial charge in [0, 0.05) is 0 Å². The van der Waals surface area contributed by atoms with E-state index < -0.39 is 15.9 Å². The maximum atomic E-state index is 10.9. The molecule has 0 spiro atoms. The highest BCUT2D eigenvalue weighted by atomic mass is 32.2. The van der Waals surface area contributed by atoms with Crippen molar-refractivity contribution in [2.24, 2.45) is 0 Å². The molecule has 1 aliphatic heterocycles. The third-order valence-electron chi connectivity index (χ3n) is 3.33. The Morgan fingerprint density at radius 2 is 1.96 bits per heavy atom. The molecule has 2 rings (SSSR count). The second-order valence-corrected chi connectivity index (χ2v) is 7.68. The quantitative estimate of drug-likeness (QED) is 0.531. The summed E-state index contributed by atoms with van der Waals surface area (Å²) >= 11 is 0. The van der Waals surface area contributed by atoms with Crippen LogP contribution in [0.15, 0.2) is 24.3 Å². The first-order chi connectivity index (χ1) is 10.7.